The van der Waals surface area contributed by atoms with Gasteiger partial charge in [-0.15, -0.1) is 0 Å². The molecule has 7 fully saturated rings. The first-order valence-corrected chi connectivity index (χ1v) is 26.1. The minimum Gasteiger partial charge on any atom is -0.481 e. The lowest BCUT2D eigenvalue weighted by molar-refractivity contribution is -0.343. The number of carbonyl (C=O) groups is 2. The molecule has 0 bridgehead atoms. The molecular weight excluding hydrogens is 869 g/mol. The number of hydrogen-bond acceptors (Lipinski definition) is 12. The van der Waals surface area contributed by atoms with Crippen molar-refractivity contribution in [2.75, 3.05) is 26.4 Å². The predicted molar refractivity (Wildman–Crippen MR) is 250 cm³/mol. The number of carbonyl (C=O) groups excluding carboxylic acids is 1. The Labute approximate surface area is 401 Å². The number of allylic oxidation sites excluding steroid dienone is 3. The van der Waals surface area contributed by atoms with Crippen molar-refractivity contribution in [3.8, 4) is 0 Å². The second-order valence-corrected chi connectivity index (χ2v) is 25.0. The van der Waals surface area contributed by atoms with Crippen LogP contribution < -0.4 is 11.1 Å². The molecule has 2 saturated heterocycles. The van der Waals surface area contributed by atoms with Gasteiger partial charge in [-0.25, -0.2) is 4.98 Å². The predicted octanol–water partition coefficient (Wildman–Crippen LogP) is 4.10. The average molecular weight is 949 g/mol. The number of aliphatic hydroxyl groups excluding tert-OH is 6. The summed E-state index contributed by atoms with van der Waals surface area (Å²) >= 11 is 0. The van der Waals surface area contributed by atoms with Gasteiger partial charge in [0, 0.05) is 35.9 Å². The number of carboxylic acids is 1. The highest BCUT2D eigenvalue weighted by atomic mass is 16.7. The Morgan fingerprint density at radius 1 is 0.926 bits per heavy atom. The third kappa shape index (κ3) is 6.37. The van der Waals surface area contributed by atoms with Crippen LogP contribution in [0.15, 0.2) is 36.3 Å². The second-order valence-electron chi connectivity index (χ2n) is 25.0. The van der Waals surface area contributed by atoms with Crippen molar-refractivity contribution in [2.24, 2.45) is 79.1 Å². The molecule has 7 aliphatic carbocycles. The summed E-state index contributed by atoms with van der Waals surface area (Å²) in [6, 6.07) is -0.366. The molecule has 3 heterocycles. The number of hydrogen-bond donors (Lipinski definition) is 10. The zero-order valence-corrected chi connectivity index (χ0v) is 40.9. The number of aliphatic carboxylic acids is 1. The van der Waals surface area contributed by atoms with Gasteiger partial charge in [-0.05, 0) is 135 Å². The second kappa shape index (κ2) is 16.7. The van der Waals surface area contributed by atoms with E-state index in [1.165, 1.54) is 5.57 Å². The number of aliphatic hydroxyl groups is 6. The average Bonchev–Trinajstić information content (AvgIpc) is 4.10. The molecule has 0 radical (unpaired) electrons. The van der Waals surface area contributed by atoms with Crippen LogP contribution in [0.3, 0.4) is 0 Å². The largest absolute Gasteiger partial charge is 0.481 e. The van der Waals surface area contributed by atoms with Crippen molar-refractivity contribution in [1.82, 2.24) is 15.3 Å². The Kier molecular flexibility index (Phi) is 12.0. The van der Waals surface area contributed by atoms with Crippen molar-refractivity contribution >= 4 is 11.9 Å². The van der Waals surface area contributed by atoms with E-state index in [0.29, 0.717) is 77.2 Å². The molecule has 1 aromatic heterocycles. The van der Waals surface area contributed by atoms with Crippen LogP contribution in [-0.4, -0.2) is 127 Å². The van der Waals surface area contributed by atoms with Crippen molar-refractivity contribution < 1.29 is 54.8 Å². The molecule has 2 aliphatic heterocycles. The van der Waals surface area contributed by atoms with Gasteiger partial charge in [0.2, 0.25) is 5.91 Å². The van der Waals surface area contributed by atoms with E-state index < -0.39 is 92.0 Å². The number of ether oxygens (including phenoxy) is 2. The van der Waals surface area contributed by atoms with Gasteiger partial charge in [-0.3, -0.25) is 9.59 Å². The Morgan fingerprint density at radius 3 is 2.32 bits per heavy atom. The van der Waals surface area contributed by atoms with Crippen LogP contribution in [-0.2, 0) is 24.5 Å². The van der Waals surface area contributed by atoms with Gasteiger partial charge < -0.3 is 61.3 Å². The lowest BCUT2D eigenvalue weighted by Gasteiger charge is -2.74. The maximum atomic E-state index is 15.0. The first-order chi connectivity index (χ1) is 32.2. The van der Waals surface area contributed by atoms with Crippen LogP contribution in [0.1, 0.15) is 130 Å². The van der Waals surface area contributed by atoms with Crippen LogP contribution in [0.2, 0.25) is 0 Å². The fraction of sp³-hybridized carbons (Fsp3) is 0.830. The summed E-state index contributed by atoms with van der Waals surface area (Å²) in [5.41, 5.74) is 3.04. The summed E-state index contributed by atoms with van der Waals surface area (Å²) in [5.74, 6) is -2.47. The van der Waals surface area contributed by atoms with Crippen LogP contribution in [0.5, 0.6) is 0 Å². The van der Waals surface area contributed by atoms with E-state index in [4.69, 9.17) is 15.2 Å². The van der Waals surface area contributed by atoms with Crippen LogP contribution in [0.4, 0.5) is 0 Å². The zero-order chi connectivity index (χ0) is 48.6. The fourth-order valence-corrected chi connectivity index (χ4v) is 18.6. The quantitative estimate of drug-likeness (QED) is 0.117. The SMILES string of the molecule is C[C@]1(CO)CC[C@]2(C(=O)O)CC[C@]3(C)C(=CC[C@@H]4[C@@]5(C)[C@H]([C@@H]6C=C[C@@](CCCN)(c7cnc[nH]7)[C@@H]7NC(=O)C8(CCCC8)[C@@H]67)[C@@H](O)[C@@H](O[C@@H]6OC[C@@H](O)[C@H](O)[C@H]6O)[C@@](C)(CO)[C@H]5CC[C@]43C)[C@@H]2C1. The molecule has 15 heteroatoms. The number of imidazole rings is 1. The van der Waals surface area contributed by atoms with Crippen molar-refractivity contribution in [2.45, 2.75) is 173 Å². The summed E-state index contributed by atoms with van der Waals surface area (Å²) in [5, 5.41) is 83.8. The molecular formula is C53H80N4O11. The molecule has 0 aromatic carbocycles. The molecule has 11 N–H and O–H groups in total. The lowest BCUT2D eigenvalue weighted by Crippen LogP contribution is -2.74. The Bertz CT molecular complexity index is 2170. The highest BCUT2D eigenvalue weighted by Gasteiger charge is 2.76. The standard InChI is InChI=1S/C53H80N4O11/c1-46(26-58)18-20-51(45(65)66)21-19-48(3)30(31(51)23-46)9-10-34-49(48,4)16-12-33-47(2,27-59)42(68-43-40(63)38(61)32(60)25-67-43)39(62)36(50(33,34)5)29-11-17-52(15-8-22-54,35-24-55-28-56-35)41-37(29)53(44(64)57-41)13-6-7-14-53/h9,11,17,24,28-29,31-34,36-43,58-63H,6-8,10,12-16,18-23,25-27,54H2,1-5H3,(H,55,56)(H,57,64)(H,65,66)/t29-,31-,32+,33+,34-,36+,37-,38-,39+,40+,41+,42+,43-,46-,47-,48+,49+,50-,51-,52-/m0/s1. The van der Waals surface area contributed by atoms with E-state index in [0.717, 1.165) is 25.0 Å². The molecule has 15 nitrogen and oxygen atoms in total. The number of fused-ring (bicyclic) bond motifs is 9. The molecule has 0 unspecified atom stereocenters. The number of carboxylic acid groups (broad SMARTS) is 1. The third-order valence-corrected chi connectivity index (χ3v) is 22.4. The van der Waals surface area contributed by atoms with Gasteiger partial charge in [0.15, 0.2) is 6.29 Å². The monoisotopic (exact) mass is 949 g/mol. The van der Waals surface area contributed by atoms with Crippen LogP contribution >= 0.6 is 0 Å². The highest BCUT2D eigenvalue weighted by Crippen LogP contribution is 2.78. The van der Waals surface area contributed by atoms with E-state index in [1.807, 2.05) is 13.1 Å². The third-order valence-electron chi connectivity index (χ3n) is 22.4. The molecule has 68 heavy (non-hydrogen) atoms. The van der Waals surface area contributed by atoms with E-state index >= 15 is 4.79 Å². The van der Waals surface area contributed by atoms with Gasteiger partial charge in [0.1, 0.15) is 18.3 Å². The number of nitrogens with one attached hydrogen (secondary N) is 2. The molecule has 20 atom stereocenters. The van der Waals surface area contributed by atoms with Crippen LogP contribution in [0, 0.1) is 73.4 Å². The fourth-order valence-electron chi connectivity index (χ4n) is 18.6. The number of nitrogens with two attached hydrogens (primary N) is 1. The van der Waals surface area contributed by atoms with Gasteiger partial charge in [0.05, 0.1) is 48.0 Å². The zero-order valence-electron chi connectivity index (χ0n) is 40.9. The maximum Gasteiger partial charge on any atom is 0.310 e. The molecule has 1 amide bonds. The first-order valence-electron chi connectivity index (χ1n) is 26.1. The van der Waals surface area contributed by atoms with Gasteiger partial charge >= 0.3 is 5.97 Å². The normalized spacial score (nSPS) is 51.4. The van der Waals surface area contributed by atoms with Crippen LogP contribution in [0.25, 0.3) is 0 Å². The molecule has 10 rings (SSSR count). The first kappa shape index (κ1) is 48.9. The van der Waals surface area contributed by atoms with Crippen molar-refractivity contribution in [3.05, 3.63) is 42.0 Å². The number of aromatic amines is 1. The number of aromatic nitrogens is 2. The topological polar surface area (TPSA) is 261 Å². The minimum absolute atomic E-state index is 0.00233. The minimum atomic E-state index is -1.62. The lowest BCUT2D eigenvalue weighted by atomic mass is 9.31. The van der Waals surface area contributed by atoms with Gasteiger partial charge in [-0.1, -0.05) is 71.3 Å². The highest BCUT2D eigenvalue weighted by molar-refractivity contribution is 5.87. The molecule has 378 valence electrons. The van der Waals surface area contributed by atoms with Gasteiger partial charge in [0.25, 0.3) is 0 Å². The summed E-state index contributed by atoms with van der Waals surface area (Å²) in [7, 11) is 0. The number of rotatable bonds is 10. The van der Waals surface area contributed by atoms with E-state index in [-0.39, 0.29) is 61.4 Å². The van der Waals surface area contributed by atoms with Crippen molar-refractivity contribution in [1.29, 1.82) is 0 Å². The summed E-state index contributed by atoms with van der Waals surface area (Å²) in [6.45, 7) is 11.0. The van der Waals surface area contributed by atoms with E-state index in [1.54, 1.807) is 6.33 Å². The van der Waals surface area contributed by atoms with Crippen molar-refractivity contribution in [3.63, 3.8) is 0 Å². The summed E-state index contributed by atoms with van der Waals surface area (Å²) < 4.78 is 12.7. The summed E-state index contributed by atoms with van der Waals surface area (Å²) in [6.07, 6.45) is 11.8. The summed E-state index contributed by atoms with van der Waals surface area (Å²) in [4.78, 5) is 36.4. The van der Waals surface area contributed by atoms with E-state index in [9.17, 15) is 40.5 Å². The molecule has 1 aromatic rings. The molecule has 1 spiro atoms. The molecule has 9 aliphatic rings. The number of nitrogens with zero attached hydrogens (tertiary/aromatic N) is 1. The maximum absolute atomic E-state index is 15.0. The smallest absolute Gasteiger partial charge is 0.310 e. The van der Waals surface area contributed by atoms with Gasteiger partial charge in [-0.2, -0.15) is 0 Å². The van der Waals surface area contributed by atoms with E-state index in [2.05, 4.69) is 61.2 Å². The Morgan fingerprint density at radius 2 is 1.66 bits per heavy atom. The number of amides is 1. The molecule has 5 saturated carbocycles. The Hall–Kier alpha value is -2.73. The Balaban J connectivity index is 1.17. The number of H-pyrrole nitrogens is 1.